The third kappa shape index (κ3) is 1.62. The zero-order valence-electron chi connectivity index (χ0n) is 9.16. The molecule has 0 spiro atoms. The van der Waals surface area contributed by atoms with E-state index < -0.39 is 5.60 Å². The Morgan fingerprint density at radius 3 is 3.06 bits per heavy atom. The van der Waals surface area contributed by atoms with E-state index in [0.717, 1.165) is 24.9 Å². The van der Waals surface area contributed by atoms with E-state index >= 15 is 0 Å². The van der Waals surface area contributed by atoms with Gasteiger partial charge < -0.3 is 15.4 Å². The summed E-state index contributed by atoms with van der Waals surface area (Å²) in [4.78, 5) is 3.20. The van der Waals surface area contributed by atoms with Gasteiger partial charge in [-0.25, -0.2) is 0 Å². The van der Waals surface area contributed by atoms with Crippen molar-refractivity contribution in [2.45, 2.75) is 18.4 Å². The molecule has 2 heterocycles. The fraction of sp³-hybridized carbons (Fsp3) is 0.385. The van der Waals surface area contributed by atoms with Crippen LogP contribution in [-0.2, 0) is 6.42 Å². The molecule has 0 saturated carbocycles. The van der Waals surface area contributed by atoms with Gasteiger partial charge in [0.2, 0.25) is 0 Å². The summed E-state index contributed by atoms with van der Waals surface area (Å²) in [7, 11) is 0. The number of aliphatic hydroxyl groups is 1. The van der Waals surface area contributed by atoms with Crippen LogP contribution in [0.25, 0.3) is 10.9 Å². The minimum absolute atomic E-state index is 0.564. The zero-order chi connectivity index (χ0) is 11.0. The molecule has 1 atom stereocenters. The van der Waals surface area contributed by atoms with Crippen LogP contribution in [0.5, 0.6) is 0 Å². The maximum atomic E-state index is 10.4. The second-order valence-corrected chi connectivity index (χ2v) is 4.68. The van der Waals surface area contributed by atoms with Crippen molar-refractivity contribution in [3.8, 4) is 0 Å². The number of H-pyrrole nitrogens is 1. The SMILES string of the molecule is OC1(Cc2cccc3[nH]ccc23)CCNC1. The minimum atomic E-state index is -0.564. The lowest BCUT2D eigenvalue weighted by Crippen LogP contribution is -2.33. The van der Waals surface area contributed by atoms with Gasteiger partial charge in [-0.15, -0.1) is 0 Å². The van der Waals surface area contributed by atoms with E-state index in [9.17, 15) is 5.11 Å². The highest BCUT2D eigenvalue weighted by Crippen LogP contribution is 2.25. The number of rotatable bonds is 2. The quantitative estimate of drug-likeness (QED) is 0.711. The maximum Gasteiger partial charge on any atom is 0.0823 e. The fourth-order valence-electron chi connectivity index (χ4n) is 2.54. The molecule has 16 heavy (non-hydrogen) atoms. The smallest absolute Gasteiger partial charge is 0.0823 e. The highest BCUT2D eigenvalue weighted by Gasteiger charge is 2.31. The van der Waals surface area contributed by atoms with Crippen LogP contribution in [0.2, 0.25) is 0 Å². The predicted molar refractivity (Wildman–Crippen MR) is 64.4 cm³/mol. The molecule has 1 aliphatic rings. The number of fused-ring (bicyclic) bond motifs is 1. The molecule has 3 rings (SSSR count). The van der Waals surface area contributed by atoms with E-state index in [4.69, 9.17) is 0 Å². The molecule has 1 saturated heterocycles. The van der Waals surface area contributed by atoms with Gasteiger partial charge in [0, 0.05) is 30.1 Å². The van der Waals surface area contributed by atoms with E-state index in [1.807, 2.05) is 12.3 Å². The molecule has 84 valence electrons. The van der Waals surface area contributed by atoms with Crippen LogP contribution in [0.1, 0.15) is 12.0 Å². The van der Waals surface area contributed by atoms with Crippen molar-refractivity contribution in [2.75, 3.05) is 13.1 Å². The van der Waals surface area contributed by atoms with E-state index in [1.165, 1.54) is 10.9 Å². The maximum absolute atomic E-state index is 10.4. The van der Waals surface area contributed by atoms with Crippen molar-refractivity contribution in [3.05, 3.63) is 36.0 Å². The Morgan fingerprint density at radius 2 is 2.25 bits per heavy atom. The van der Waals surface area contributed by atoms with Crippen molar-refractivity contribution in [1.29, 1.82) is 0 Å². The average molecular weight is 216 g/mol. The summed E-state index contributed by atoms with van der Waals surface area (Å²) in [6.45, 7) is 1.62. The van der Waals surface area contributed by atoms with Gasteiger partial charge in [0.1, 0.15) is 0 Å². The highest BCUT2D eigenvalue weighted by atomic mass is 16.3. The Hall–Kier alpha value is -1.32. The Morgan fingerprint density at radius 1 is 1.31 bits per heavy atom. The Balaban J connectivity index is 1.96. The molecule has 1 unspecified atom stereocenters. The lowest BCUT2D eigenvalue weighted by Gasteiger charge is -2.21. The first kappa shape index (κ1) is 9.87. The largest absolute Gasteiger partial charge is 0.388 e. The van der Waals surface area contributed by atoms with Crippen LogP contribution in [0.3, 0.4) is 0 Å². The van der Waals surface area contributed by atoms with Gasteiger partial charge in [0.15, 0.2) is 0 Å². The second-order valence-electron chi connectivity index (χ2n) is 4.68. The Kier molecular flexibility index (Phi) is 2.23. The summed E-state index contributed by atoms with van der Waals surface area (Å²) in [5.74, 6) is 0. The number of nitrogens with one attached hydrogen (secondary N) is 2. The molecule has 0 radical (unpaired) electrons. The predicted octanol–water partition coefficient (Wildman–Crippen LogP) is 1.43. The molecule has 2 aromatic rings. The lowest BCUT2D eigenvalue weighted by atomic mass is 9.92. The summed E-state index contributed by atoms with van der Waals surface area (Å²) in [5, 5.41) is 14.8. The molecule has 0 bridgehead atoms. The lowest BCUT2D eigenvalue weighted by molar-refractivity contribution is 0.0622. The van der Waals surface area contributed by atoms with Crippen molar-refractivity contribution in [2.24, 2.45) is 0 Å². The second kappa shape index (κ2) is 3.61. The van der Waals surface area contributed by atoms with Gasteiger partial charge in [-0.1, -0.05) is 12.1 Å². The number of hydrogen-bond donors (Lipinski definition) is 3. The van der Waals surface area contributed by atoms with E-state index in [0.29, 0.717) is 6.54 Å². The minimum Gasteiger partial charge on any atom is -0.388 e. The molecule has 1 aromatic heterocycles. The summed E-state index contributed by atoms with van der Waals surface area (Å²) in [5.41, 5.74) is 1.81. The molecular formula is C13H16N2O. The summed E-state index contributed by atoms with van der Waals surface area (Å²) < 4.78 is 0. The number of aromatic amines is 1. The number of hydrogen-bond acceptors (Lipinski definition) is 2. The molecule has 0 amide bonds. The van der Waals surface area contributed by atoms with Crippen LogP contribution < -0.4 is 5.32 Å². The molecule has 3 nitrogen and oxygen atoms in total. The summed E-state index contributed by atoms with van der Waals surface area (Å²) >= 11 is 0. The van der Waals surface area contributed by atoms with E-state index in [1.54, 1.807) is 0 Å². The zero-order valence-corrected chi connectivity index (χ0v) is 9.16. The number of β-amino-alcohol motifs (C(OH)–C–C–N with tert-alkyl or cyclic N) is 1. The van der Waals surface area contributed by atoms with Crippen molar-refractivity contribution >= 4 is 10.9 Å². The Labute approximate surface area is 94.5 Å². The van der Waals surface area contributed by atoms with Crippen LogP contribution in [0, 0.1) is 0 Å². The van der Waals surface area contributed by atoms with E-state index in [2.05, 4.69) is 28.5 Å². The normalized spacial score (nSPS) is 25.3. The van der Waals surface area contributed by atoms with Gasteiger partial charge in [0.05, 0.1) is 5.60 Å². The van der Waals surface area contributed by atoms with Gasteiger partial charge in [-0.05, 0) is 30.7 Å². The monoisotopic (exact) mass is 216 g/mol. The first-order chi connectivity index (χ1) is 7.77. The molecule has 1 fully saturated rings. The average Bonchev–Trinajstić information content (AvgIpc) is 2.87. The van der Waals surface area contributed by atoms with Crippen molar-refractivity contribution < 1.29 is 5.11 Å². The fourth-order valence-corrected chi connectivity index (χ4v) is 2.54. The first-order valence-corrected chi connectivity index (χ1v) is 5.75. The van der Waals surface area contributed by atoms with Crippen molar-refractivity contribution in [3.63, 3.8) is 0 Å². The molecule has 1 aliphatic heterocycles. The highest BCUT2D eigenvalue weighted by molar-refractivity contribution is 5.82. The van der Waals surface area contributed by atoms with Gasteiger partial charge in [-0.2, -0.15) is 0 Å². The van der Waals surface area contributed by atoms with Gasteiger partial charge in [0.25, 0.3) is 0 Å². The van der Waals surface area contributed by atoms with Crippen LogP contribution in [0.4, 0.5) is 0 Å². The summed E-state index contributed by atoms with van der Waals surface area (Å²) in [6, 6.07) is 8.29. The first-order valence-electron chi connectivity index (χ1n) is 5.75. The molecule has 0 aliphatic carbocycles. The van der Waals surface area contributed by atoms with Crippen LogP contribution >= 0.6 is 0 Å². The molecular weight excluding hydrogens is 200 g/mol. The third-order valence-corrected chi connectivity index (χ3v) is 3.43. The third-order valence-electron chi connectivity index (χ3n) is 3.43. The van der Waals surface area contributed by atoms with Crippen LogP contribution in [-0.4, -0.2) is 28.8 Å². The topological polar surface area (TPSA) is 48.0 Å². The van der Waals surface area contributed by atoms with E-state index in [-0.39, 0.29) is 0 Å². The standard InChI is InChI=1S/C13H16N2O/c16-13(5-7-14-9-13)8-10-2-1-3-12-11(10)4-6-15-12/h1-4,6,14-16H,5,7-9H2. The van der Waals surface area contributed by atoms with Crippen LogP contribution in [0.15, 0.2) is 30.5 Å². The molecule has 1 aromatic carbocycles. The van der Waals surface area contributed by atoms with Gasteiger partial charge >= 0.3 is 0 Å². The van der Waals surface area contributed by atoms with Gasteiger partial charge in [-0.3, -0.25) is 0 Å². The Bertz CT molecular complexity index is 497. The number of benzene rings is 1. The van der Waals surface area contributed by atoms with Crippen molar-refractivity contribution in [1.82, 2.24) is 10.3 Å². The molecule has 3 heteroatoms. The molecule has 3 N–H and O–H groups in total. The number of aromatic nitrogens is 1. The summed E-state index contributed by atoms with van der Waals surface area (Å²) in [6.07, 6.45) is 3.52.